The number of benzene rings is 2. The molecule has 0 bridgehead atoms. The number of rotatable bonds is 6. The summed E-state index contributed by atoms with van der Waals surface area (Å²) in [6.07, 6.45) is 1.85. The molecule has 2 aliphatic heterocycles. The predicted molar refractivity (Wildman–Crippen MR) is 119 cm³/mol. The van der Waals surface area contributed by atoms with Gasteiger partial charge < -0.3 is 4.74 Å². The van der Waals surface area contributed by atoms with E-state index in [4.69, 9.17) is 4.74 Å². The maximum atomic E-state index is 14.6. The van der Waals surface area contributed by atoms with Crippen molar-refractivity contribution in [3.8, 4) is 0 Å². The summed E-state index contributed by atoms with van der Waals surface area (Å²) in [5.41, 5.74) is 1.67. The second kappa shape index (κ2) is 10.2. The number of nitrogens with zero attached hydrogens (tertiary/aromatic N) is 3. The van der Waals surface area contributed by atoms with Gasteiger partial charge in [0.2, 0.25) is 0 Å². The summed E-state index contributed by atoms with van der Waals surface area (Å²) >= 11 is 0. The van der Waals surface area contributed by atoms with Gasteiger partial charge in [0.25, 0.3) is 5.91 Å². The number of amides is 1. The Morgan fingerprint density at radius 3 is 2.61 bits per heavy atom. The van der Waals surface area contributed by atoms with Gasteiger partial charge in [0.15, 0.2) is 0 Å². The van der Waals surface area contributed by atoms with Crippen molar-refractivity contribution in [2.24, 2.45) is 11.0 Å². The Balaban J connectivity index is 1.55. The minimum atomic E-state index is -0.593. The average Bonchev–Trinajstić information content (AvgIpc) is 3.25. The Kier molecular flexibility index (Phi) is 7.13. The van der Waals surface area contributed by atoms with Gasteiger partial charge in [0.05, 0.1) is 30.8 Å². The lowest BCUT2D eigenvalue weighted by Gasteiger charge is -2.32. The number of likely N-dealkylation sites (tertiary alicyclic amines) is 1. The highest BCUT2D eigenvalue weighted by Crippen LogP contribution is 2.34. The van der Waals surface area contributed by atoms with Gasteiger partial charge in [-0.15, -0.1) is 0 Å². The monoisotopic (exact) mass is 455 g/mol. The van der Waals surface area contributed by atoms with E-state index in [0.717, 1.165) is 12.8 Å². The molecule has 0 N–H and O–H groups in total. The molecule has 33 heavy (non-hydrogen) atoms. The summed E-state index contributed by atoms with van der Waals surface area (Å²) < 4.78 is 33.2. The molecule has 2 aliphatic rings. The number of esters is 1. The van der Waals surface area contributed by atoms with Gasteiger partial charge in [-0.05, 0) is 50.1 Å². The third kappa shape index (κ3) is 5.27. The van der Waals surface area contributed by atoms with E-state index in [0.29, 0.717) is 43.0 Å². The van der Waals surface area contributed by atoms with E-state index >= 15 is 0 Å². The summed E-state index contributed by atoms with van der Waals surface area (Å²) in [6, 6.07) is 11.6. The van der Waals surface area contributed by atoms with Gasteiger partial charge in [0.1, 0.15) is 11.6 Å². The smallest absolute Gasteiger partial charge is 0.310 e. The molecule has 2 aromatic rings. The van der Waals surface area contributed by atoms with Gasteiger partial charge in [0, 0.05) is 18.5 Å². The Bertz CT molecular complexity index is 1040. The van der Waals surface area contributed by atoms with Crippen molar-refractivity contribution in [3.63, 3.8) is 0 Å². The normalized spacial score (nSPS) is 21.1. The summed E-state index contributed by atoms with van der Waals surface area (Å²) in [6.45, 7) is 3.30. The first-order valence-electron chi connectivity index (χ1n) is 11.2. The van der Waals surface area contributed by atoms with E-state index in [2.05, 4.69) is 5.10 Å². The number of ether oxygens (including phenoxy) is 1. The molecule has 2 atom stereocenters. The molecular formula is C25H27F2N3O3. The summed E-state index contributed by atoms with van der Waals surface area (Å²) in [7, 11) is 0. The largest absolute Gasteiger partial charge is 0.466 e. The zero-order valence-corrected chi connectivity index (χ0v) is 18.5. The molecule has 2 aromatic carbocycles. The van der Waals surface area contributed by atoms with Crippen LogP contribution in [0.15, 0.2) is 53.6 Å². The molecule has 1 fully saturated rings. The Morgan fingerprint density at radius 1 is 1.12 bits per heavy atom. The molecule has 0 aliphatic carbocycles. The number of carbonyl (C=O) groups is 2. The van der Waals surface area contributed by atoms with Crippen LogP contribution in [0.25, 0.3) is 0 Å². The fourth-order valence-electron chi connectivity index (χ4n) is 4.46. The zero-order chi connectivity index (χ0) is 23.4. The molecule has 1 saturated heterocycles. The molecule has 0 aromatic heterocycles. The van der Waals surface area contributed by atoms with Crippen molar-refractivity contribution in [2.45, 2.75) is 32.2 Å². The highest BCUT2D eigenvalue weighted by molar-refractivity contribution is 6.03. The quantitative estimate of drug-likeness (QED) is 0.620. The topological polar surface area (TPSA) is 62.2 Å². The molecule has 174 valence electrons. The first kappa shape index (κ1) is 23.0. The van der Waals surface area contributed by atoms with E-state index in [1.54, 1.807) is 37.3 Å². The minimum absolute atomic E-state index is 0.0705. The molecule has 8 heteroatoms. The lowest BCUT2D eigenvalue weighted by atomic mass is 9.97. The number of halogens is 2. The van der Waals surface area contributed by atoms with Crippen LogP contribution in [0.1, 0.15) is 43.4 Å². The molecule has 0 radical (unpaired) electrons. The van der Waals surface area contributed by atoms with Crippen LogP contribution >= 0.6 is 0 Å². The highest BCUT2D eigenvalue weighted by Gasteiger charge is 2.36. The van der Waals surface area contributed by atoms with E-state index in [9.17, 15) is 18.4 Å². The zero-order valence-electron chi connectivity index (χ0n) is 18.5. The molecule has 0 spiro atoms. The Labute approximate surface area is 191 Å². The fraction of sp³-hybridized carbons (Fsp3) is 0.400. The van der Waals surface area contributed by atoms with Crippen LogP contribution in [0.3, 0.4) is 0 Å². The molecule has 6 nitrogen and oxygen atoms in total. The standard InChI is InChI=1S/C25H27F2N3O3/c1-2-33-25(32)18-6-5-13-29(15-18)16-24(31)30-23(20-7-3-4-8-21(20)27)14-22(28-30)17-9-11-19(26)12-10-17/h3-4,7-12,18,23H,2,5-6,13-16H2,1H3. The molecule has 4 rings (SSSR count). The highest BCUT2D eigenvalue weighted by atomic mass is 19.1. The van der Waals surface area contributed by atoms with Gasteiger partial charge in [-0.2, -0.15) is 5.10 Å². The van der Waals surface area contributed by atoms with Crippen molar-refractivity contribution in [1.82, 2.24) is 9.91 Å². The third-order valence-electron chi connectivity index (χ3n) is 6.09. The van der Waals surface area contributed by atoms with Crippen molar-refractivity contribution in [2.75, 3.05) is 26.2 Å². The van der Waals surface area contributed by atoms with Crippen molar-refractivity contribution in [3.05, 3.63) is 71.3 Å². The van der Waals surface area contributed by atoms with Crippen LogP contribution in [-0.2, 0) is 14.3 Å². The molecular weight excluding hydrogens is 428 g/mol. The van der Waals surface area contributed by atoms with Gasteiger partial charge in [-0.25, -0.2) is 13.8 Å². The van der Waals surface area contributed by atoms with Crippen LogP contribution in [0, 0.1) is 17.6 Å². The first-order chi connectivity index (χ1) is 16.0. The van der Waals surface area contributed by atoms with E-state index in [1.807, 2.05) is 4.90 Å². The van der Waals surface area contributed by atoms with Gasteiger partial charge in [-0.3, -0.25) is 14.5 Å². The van der Waals surface area contributed by atoms with Gasteiger partial charge in [-0.1, -0.05) is 30.3 Å². The van der Waals surface area contributed by atoms with E-state index < -0.39 is 11.9 Å². The van der Waals surface area contributed by atoms with Crippen molar-refractivity contribution >= 4 is 17.6 Å². The van der Waals surface area contributed by atoms with Crippen LogP contribution in [0.2, 0.25) is 0 Å². The Hall–Kier alpha value is -3.13. The lowest BCUT2D eigenvalue weighted by Crippen LogP contribution is -2.45. The van der Waals surface area contributed by atoms with Crippen LogP contribution in [0.4, 0.5) is 8.78 Å². The SMILES string of the molecule is CCOC(=O)C1CCCN(CC(=O)N2N=C(c3ccc(F)cc3)CC2c2ccccc2F)C1. The van der Waals surface area contributed by atoms with E-state index in [1.165, 1.54) is 23.2 Å². The number of hydrogen-bond donors (Lipinski definition) is 0. The predicted octanol–water partition coefficient (Wildman–Crippen LogP) is 3.92. The fourth-order valence-corrected chi connectivity index (χ4v) is 4.46. The van der Waals surface area contributed by atoms with E-state index in [-0.39, 0.29) is 30.2 Å². The second-order valence-corrected chi connectivity index (χ2v) is 8.36. The van der Waals surface area contributed by atoms with Crippen LogP contribution in [0.5, 0.6) is 0 Å². The molecule has 2 heterocycles. The van der Waals surface area contributed by atoms with Crippen LogP contribution in [-0.4, -0.2) is 53.7 Å². The summed E-state index contributed by atoms with van der Waals surface area (Å²) in [4.78, 5) is 27.4. The molecule has 0 saturated carbocycles. The molecule has 1 amide bonds. The molecule has 2 unspecified atom stereocenters. The average molecular weight is 456 g/mol. The summed E-state index contributed by atoms with van der Waals surface area (Å²) in [5.74, 6) is -1.54. The maximum Gasteiger partial charge on any atom is 0.310 e. The number of hydrogen-bond acceptors (Lipinski definition) is 5. The second-order valence-electron chi connectivity index (χ2n) is 8.36. The van der Waals surface area contributed by atoms with Gasteiger partial charge >= 0.3 is 5.97 Å². The van der Waals surface area contributed by atoms with Crippen LogP contribution < -0.4 is 0 Å². The Morgan fingerprint density at radius 2 is 1.88 bits per heavy atom. The number of carbonyl (C=O) groups excluding carboxylic acids is 2. The summed E-state index contributed by atoms with van der Waals surface area (Å²) in [5, 5.41) is 5.87. The first-order valence-corrected chi connectivity index (χ1v) is 11.2. The van der Waals surface area contributed by atoms with Crippen molar-refractivity contribution in [1.29, 1.82) is 0 Å². The van der Waals surface area contributed by atoms with Crippen molar-refractivity contribution < 1.29 is 23.1 Å². The maximum absolute atomic E-state index is 14.6. The lowest BCUT2D eigenvalue weighted by molar-refractivity contribution is -0.150. The minimum Gasteiger partial charge on any atom is -0.466 e. The third-order valence-corrected chi connectivity index (χ3v) is 6.09. The number of hydrazone groups is 1. The number of piperidine rings is 1.